The number of aromatic nitrogens is 1. The van der Waals surface area contributed by atoms with Crippen LogP contribution in [0.3, 0.4) is 0 Å². The minimum atomic E-state index is -4.57. The number of ether oxygens (including phenoxy) is 1. The van der Waals surface area contributed by atoms with Gasteiger partial charge < -0.3 is 14.5 Å². The van der Waals surface area contributed by atoms with Crippen molar-refractivity contribution in [2.45, 2.75) is 32.9 Å². The van der Waals surface area contributed by atoms with Crippen LogP contribution < -0.4 is 0 Å². The van der Waals surface area contributed by atoms with Gasteiger partial charge in [-0.05, 0) is 44.4 Å². The molecule has 0 spiro atoms. The van der Waals surface area contributed by atoms with E-state index in [0.29, 0.717) is 43.5 Å². The summed E-state index contributed by atoms with van der Waals surface area (Å²) in [7, 11) is 1.48. The number of esters is 1. The molecular formula is C21H24F3N3O4S. The summed E-state index contributed by atoms with van der Waals surface area (Å²) in [5.41, 5.74) is -0.481. The van der Waals surface area contributed by atoms with Gasteiger partial charge >= 0.3 is 12.1 Å². The largest absolute Gasteiger partial charge is 0.466 e. The van der Waals surface area contributed by atoms with Crippen molar-refractivity contribution in [3.8, 4) is 0 Å². The Kier molecular flexibility index (Phi) is 7.06. The van der Waals surface area contributed by atoms with Crippen molar-refractivity contribution in [3.05, 3.63) is 28.3 Å². The van der Waals surface area contributed by atoms with Crippen LogP contribution in [0.1, 0.15) is 40.7 Å². The standard InChI is InChI=1S/C21H24F3N3O4S/c1-4-31-20(30)13-7-9-27(10-8-13)16(28)11-26(3)19(29)17-12(2)14-5-6-15(21(22,23)24)25-18(14)32-17/h5-6,13H,4,7-11H2,1-3H3. The van der Waals surface area contributed by atoms with Crippen molar-refractivity contribution < 1.29 is 32.3 Å². The van der Waals surface area contributed by atoms with E-state index in [1.807, 2.05) is 0 Å². The molecule has 2 amide bonds. The molecule has 2 aromatic rings. The Labute approximate surface area is 187 Å². The molecule has 2 aromatic heterocycles. The van der Waals surface area contributed by atoms with E-state index in [-0.39, 0.29) is 34.0 Å². The summed E-state index contributed by atoms with van der Waals surface area (Å²) in [5.74, 6) is -1.18. The van der Waals surface area contributed by atoms with Crippen molar-refractivity contribution in [2.24, 2.45) is 5.92 Å². The van der Waals surface area contributed by atoms with E-state index in [1.54, 1.807) is 18.7 Å². The lowest BCUT2D eigenvalue weighted by atomic mass is 9.97. The molecule has 11 heteroatoms. The van der Waals surface area contributed by atoms with Gasteiger partial charge in [0.1, 0.15) is 10.5 Å². The number of hydrogen-bond donors (Lipinski definition) is 0. The Morgan fingerprint density at radius 1 is 1.25 bits per heavy atom. The Morgan fingerprint density at radius 2 is 1.91 bits per heavy atom. The maximum absolute atomic E-state index is 12.9. The minimum absolute atomic E-state index is 0.126. The summed E-state index contributed by atoms with van der Waals surface area (Å²) in [6.45, 7) is 4.34. The molecule has 0 bridgehead atoms. The van der Waals surface area contributed by atoms with E-state index in [1.165, 1.54) is 18.0 Å². The fourth-order valence-electron chi connectivity index (χ4n) is 3.63. The molecule has 0 atom stereocenters. The van der Waals surface area contributed by atoms with Crippen LogP contribution in [0, 0.1) is 12.8 Å². The summed E-state index contributed by atoms with van der Waals surface area (Å²) < 4.78 is 43.8. The molecule has 1 fully saturated rings. The highest BCUT2D eigenvalue weighted by Gasteiger charge is 2.33. The van der Waals surface area contributed by atoms with Crippen molar-refractivity contribution in [2.75, 3.05) is 33.3 Å². The molecule has 1 aliphatic heterocycles. The van der Waals surface area contributed by atoms with E-state index >= 15 is 0 Å². The zero-order valence-electron chi connectivity index (χ0n) is 18.0. The van der Waals surface area contributed by atoms with Gasteiger partial charge in [0.05, 0.1) is 23.9 Å². The molecule has 0 aliphatic carbocycles. The summed E-state index contributed by atoms with van der Waals surface area (Å²) in [4.78, 5) is 44.3. The zero-order chi connectivity index (χ0) is 23.6. The quantitative estimate of drug-likeness (QED) is 0.624. The van der Waals surface area contributed by atoms with Gasteiger partial charge in [0, 0.05) is 25.5 Å². The van der Waals surface area contributed by atoms with Crippen molar-refractivity contribution >= 4 is 39.3 Å². The van der Waals surface area contributed by atoms with Crippen LogP contribution in [0.5, 0.6) is 0 Å². The first-order chi connectivity index (χ1) is 15.0. The molecule has 32 heavy (non-hydrogen) atoms. The number of piperidine rings is 1. The Hall–Kier alpha value is -2.69. The number of pyridine rings is 1. The molecule has 7 nitrogen and oxygen atoms in total. The molecule has 0 saturated carbocycles. The third-order valence-corrected chi connectivity index (χ3v) is 6.66. The molecule has 1 saturated heterocycles. The van der Waals surface area contributed by atoms with Crippen LogP contribution >= 0.6 is 11.3 Å². The zero-order valence-corrected chi connectivity index (χ0v) is 18.8. The number of likely N-dealkylation sites (N-methyl/N-ethyl adjacent to an activating group) is 1. The number of carbonyl (C=O) groups is 3. The Bertz CT molecular complexity index is 1030. The van der Waals surface area contributed by atoms with Gasteiger partial charge in [0.25, 0.3) is 5.91 Å². The van der Waals surface area contributed by atoms with Crippen molar-refractivity contribution in [1.29, 1.82) is 0 Å². The average molecular weight is 472 g/mol. The first-order valence-corrected chi connectivity index (χ1v) is 11.0. The molecule has 0 N–H and O–H groups in total. The van der Waals surface area contributed by atoms with Gasteiger partial charge in [-0.25, -0.2) is 4.98 Å². The molecule has 0 radical (unpaired) electrons. The maximum atomic E-state index is 12.9. The first kappa shape index (κ1) is 24.0. The van der Waals surface area contributed by atoms with Crippen molar-refractivity contribution in [1.82, 2.24) is 14.8 Å². The van der Waals surface area contributed by atoms with Gasteiger partial charge in [-0.3, -0.25) is 14.4 Å². The number of hydrogen-bond acceptors (Lipinski definition) is 6. The second-order valence-electron chi connectivity index (χ2n) is 7.67. The van der Waals surface area contributed by atoms with E-state index < -0.39 is 17.8 Å². The van der Waals surface area contributed by atoms with Gasteiger partial charge in [-0.15, -0.1) is 11.3 Å². The number of rotatable bonds is 5. The molecule has 1 aliphatic rings. The van der Waals surface area contributed by atoms with Crippen LogP contribution in [0.25, 0.3) is 10.2 Å². The summed E-state index contributed by atoms with van der Waals surface area (Å²) in [5, 5.41) is 0.479. The predicted molar refractivity (Wildman–Crippen MR) is 112 cm³/mol. The van der Waals surface area contributed by atoms with Crippen LogP contribution in [0.15, 0.2) is 12.1 Å². The smallest absolute Gasteiger partial charge is 0.433 e. The SMILES string of the molecule is CCOC(=O)C1CCN(C(=O)CN(C)C(=O)c2sc3nc(C(F)(F)F)ccc3c2C)CC1. The fourth-order valence-corrected chi connectivity index (χ4v) is 4.81. The van der Waals surface area contributed by atoms with Crippen LogP contribution in [0.4, 0.5) is 13.2 Å². The average Bonchev–Trinajstić information content (AvgIpc) is 3.08. The van der Waals surface area contributed by atoms with Crippen LogP contribution in [0.2, 0.25) is 0 Å². The summed E-state index contributed by atoms with van der Waals surface area (Å²) in [6.07, 6.45) is -3.56. The highest BCUT2D eigenvalue weighted by Crippen LogP contribution is 2.34. The minimum Gasteiger partial charge on any atom is -0.466 e. The van der Waals surface area contributed by atoms with Crippen LogP contribution in [-0.2, 0) is 20.5 Å². The number of halogens is 3. The molecule has 0 aromatic carbocycles. The lowest BCUT2D eigenvalue weighted by Crippen LogP contribution is -2.45. The predicted octanol–water partition coefficient (Wildman–Crippen LogP) is 3.50. The molecular weight excluding hydrogens is 447 g/mol. The second kappa shape index (κ2) is 9.43. The molecule has 3 rings (SSSR count). The van der Waals surface area contributed by atoms with Gasteiger partial charge in [0.2, 0.25) is 5.91 Å². The topological polar surface area (TPSA) is 79.8 Å². The first-order valence-electron chi connectivity index (χ1n) is 10.2. The number of alkyl halides is 3. The number of thiophene rings is 1. The summed E-state index contributed by atoms with van der Waals surface area (Å²) >= 11 is 0.883. The fraction of sp³-hybridized carbons (Fsp3) is 0.524. The number of carbonyl (C=O) groups excluding carboxylic acids is 3. The highest BCUT2D eigenvalue weighted by atomic mass is 32.1. The Morgan fingerprint density at radius 3 is 2.50 bits per heavy atom. The van der Waals surface area contributed by atoms with E-state index in [4.69, 9.17) is 4.74 Å². The van der Waals surface area contributed by atoms with Crippen molar-refractivity contribution in [3.63, 3.8) is 0 Å². The van der Waals surface area contributed by atoms with Crippen LogP contribution in [-0.4, -0.2) is 65.9 Å². The van der Waals surface area contributed by atoms with E-state index in [0.717, 1.165) is 17.4 Å². The number of aryl methyl sites for hydroxylation is 1. The number of likely N-dealkylation sites (tertiary alicyclic amines) is 1. The third kappa shape index (κ3) is 5.03. The molecule has 0 unspecified atom stereocenters. The second-order valence-corrected chi connectivity index (χ2v) is 8.67. The van der Waals surface area contributed by atoms with Gasteiger partial charge in [0.15, 0.2) is 0 Å². The van der Waals surface area contributed by atoms with Gasteiger partial charge in [-0.1, -0.05) is 0 Å². The number of nitrogens with zero attached hydrogens (tertiary/aromatic N) is 3. The third-order valence-electron chi connectivity index (χ3n) is 5.48. The summed E-state index contributed by atoms with van der Waals surface area (Å²) in [6, 6.07) is 2.20. The van der Waals surface area contributed by atoms with E-state index in [2.05, 4.69) is 4.98 Å². The Balaban J connectivity index is 1.65. The normalized spacial score (nSPS) is 15.1. The lowest BCUT2D eigenvalue weighted by Gasteiger charge is -2.32. The monoisotopic (exact) mass is 471 g/mol. The lowest BCUT2D eigenvalue weighted by molar-refractivity contribution is -0.151. The maximum Gasteiger partial charge on any atom is 0.433 e. The molecule has 174 valence electrons. The molecule has 3 heterocycles. The number of fused-ring (bicyclic) bond motifs is 1. The van der Waals surface area contributed by atoms with Gasteiger partial charge in [-0.2, -0.15) is 13.2 Å². The van der Waals surface area contributed by atoms with E-state index in [9.17, 15) is 27.6 Å². The number of amides is 2. The highest BCUT2D eigenvalue weighted by molar-refractivity contribution is 7.20.